The Morgan fingerprint density at radius 3 is 2.68 bits per heavy atom. The van der Waals surface area contributed by atoms with Gasteiger partial charge in [0, 0.05) is 12.7 Å². The summed E-state index contributed by atoms with van der Waals surface area (Å²) in [4.78, 5) is 9.78. The first-order valence-corrected chi connectivity index (χ1v) is 7.06. The van der Waals surface area contributed by atoms with E-state index < -0.39 is 20.7 Å². The van der Waals surface area contributed by atoms with Gasteiger partial charge in [0.2, 0.25) is 10.0 Å². The average Bonchev–Trinajstić information content (AvgIpc) is 2.31. The van der Waals surface area contributed by atoms with Gasteiger partial charge in [-0.3, -0.25) is 14.8 Å². The van der Waals surface area contributed by atoms with Crippen molar-refractivity contribution in [1.29, 1.82) is 0 Å². The first kappa shape index (κ1) is 15.2. The van der Waals surface area contributed by atoms with Crippen LogP contribution in [-0.2, 0) is 14.8 Å². The van der Waals surface area contributed by atoms with Crippen LogP contribution in [0.1, 0.15) is 6.92 Å². The van der Waals surface area contributed by atoms with E-state index in [1.54, 1.807) is 6.92 Å². The number of nitrogens with one attached hydrogen (secondary N) is 1. The summed E-state index contributed by atoms with van der Waals surface area (Å²) in [5.74, 6) is -0.772. The van der Waals surface area contributed by atoms with E-state index in [0.717, 1.165) is 18.2 Å². The molecular formula is C10H14N2O6S. The minimum Gasteiger partial charge on any atom is -0.505 e. The standard InChI is InChI=1S/C10H14N2O6S/c1-2-18-5-6-19(16,17)11-9-4-3-8(12(14)15)7-10(9)13/h3-4,7,11,13H,2,5-6H2,1H3. The Bertz CT molecular complexity index is 557. The number of phenols is 1. The molecule has 19 heavy (non-hydrogen) atoms. The van der Waals surface area contributed by atoms with E-state index in [1.807, 2.05) is 0 Å². The molecular weight excluding hydrogens is 276 g/mol. The zero-order valence-corrected chi connectivity index (χ0v) is 11.0. The molecule has 8 nitrogen and oxygen atoms in total. The van der Waals surface area contributed by atoms with Gasteiger partial charge >= 0.3 is 0 Å². The molecule has 0 aliphatic heterocycles. The highest BCUT2D eigenvalue weighted by molar-refractivity contribution is 7.92. The fourth-order valence-electron chi connectivity index (χ4n) is 1.25. The highest BCUT2D eigenvalue weighted by Gasteiger charge is 2.15. The molecule has 106 valence electrons. The molecule has 1 aromatic rings. The number of hydrogen-bond acceptors (Lipinski definition) is 6. The molecule has 0 saturated heterocycles. The maximum atomic E-state index is 11.6. The third-order valence-corrected chi connectivity index (χ3v) is 3.39. The number of anilines is 1. The second kappa shape index (κ2) is 6.34. The Morgan fingerprint density at radius 1 is 1.47 bits per heavy atom. The summed E-state index contributed by atoms with van der Waals surface area (Å²) in [6, 6.07) is 3.10. The number of nitro groups is 1. The van der Waals surface area contributed by atoms with E-state index in [-0.39, 0.29) is 23.7 Å². The first-order chi connectivity index (χ1) is 8.85. The molecule has 0 aliphatic carbocycles. The first-order valence-electron chi connectivity index (χ1n) is 5.41. The molecule has 0 bridgehead atoms. The highest BCUT2D eigenvalue weighted by Crippen LogP contribution is 2.28. The lowest BCUT2D eigenvalue weighted by Crippen LogP contribution is -2.20. The third kappa shape index (κ3) is 4.72. The van der Waals surface area contributed by atoms with Gasteiger partial charge in [-0.05, 0) is 13.0 Å². The summed E-state index contributed by atoms with van der Waals surface area (Å²) in [6.07, 6.45) is 0. The van der Waals surface area contributed by atoms with Crippen molar-refractivity contribution in [3.8, 4) is 5.75 Å². The predicted molar refractivity (Wildman–Crippen MR) is 68.7 cm³/mol. The number of phenolic OH excluding ortho intramolecular Hbond substituents is 1. The van der Waals surface area contributed by atoms with Crippen LogP contribution in [0, 0.1) is 10.1 Å². The van der Waals surface area contributed by atoms with E-state index in [2.05, 4.69) is 4.72 Å². The SMILES string of the molecule is CCOCCS(=O)(=O)Nc1ccc([N+](=O)[O-])cc1O. The van der Waals surface area contributed by atoms with Crippen LogP contribution in [0.2, 0.25) is 0 Å². The molecule has 0 radical (unpaired) electrons. The third-order valence-electron chi connectivity index (χ3n) is 2.16. The van der Waals surface area contributed by atoms with E-state index in [1.165, 1.54) is 0 Å². The number of aromatic hydroxyl groups is 1. The van der Waals surface area contributed by atoms with Crippen molar-refractivity contribution in [2.45, 2.75) is 6.92 Å². The Labute approximate surface area is 110 Å². The van der Waals surface area contributed by atoms with E-state index in [9.17, 15) is 23.6 Å². The molecule has 1 aromatic carbocycles. The Morgan fingerprint density at radius 2 is 2.16 bits per heavy atom. The van der Waals surface area contributed by atoms with Crippen molar-refractivity contribution in [3.05, 3.63) is 28.3 Å². The lowest BCUT2D eigenvalue weighted by Gasteiger charge is -2.09. The molecule has 0 aromatic heterocycles. The van der Waals surface area contributed by atoms with Crippen molar-refractivity contribution < 1.29 is 23.2 Å². The van der Waals surface area contributed by atoms with Gasteiger partial charge in [0.05, 0.1) is 29.0 Å². The lowest BCUT2D eigenvalue weighted by atomic mass is 10.3. The van der Waals surface area contributed by atoms with Gasteiger partial charge in [-0.15, -0.1) is 0 Å². The van der Waals surface area contributed by atoms with Crippen molar-refractivity contribution >= 4 is 21.4 Å². The number of nitro benzene ring substituents is 1. The summed E-state index contributed by atoms with van der Waals surface area (Å²) in [7, 11) is -3.67. The summed E-state index contributed by atoms with van der Waals surface area (Å²) < 4.78 is 30.3. The van der Waals surface area contributed by atoms with Crippen LogP contribution >= 0.6 is 0 Å². The van der Waals surface area contributed by atoms with Gasteiger partial charge < -0.3 is 9.84 Å². The summed E-state index contributed by atoms with van der Waals surface area (Å²) >= 11 is 0. The molecule has 0 amide bonds. The molecule has 2 N–H and O–H groups in total. The second-order valence-electron chi connectivity index (χ2n) is 3.58. The zero-order chi connectivity index (χ0) is 14.5. The minimum atomic E-state index is -3.67. The summed E-state index contributed by atoms with van der Waals surface area (Å²) in [5, 5.41) is 20.0. The van der Waals surface area contributed by atoms with E-state index >= 15 is 0 Å². The van der Waals surface area contributed by atoms with Gasteiger partial charge in [0.25, 0.3) is 5.69 Å². The summed E-state index contributed by atoms with van der Waals surface area (Å²) in [6.45, 7) is 2.17. The van der Waals surface area contributed by atoms with Crippen molar-refractivity contribution in [2.75, 3.05) is 23.7 Å². The number of nitrogens with zero attached hydrogens (tertiary/aromatic N) is 1. The van der Waals surface area contributed by atoms with Crippen LogP contribution in [0.15, 0.2) is 18.2 Å². The van der Waals surface area contributed by atoms with Crippen molar-refractivity contribution in [2.24, 2.45) is 0 Å². The molecule has 0 unspecified atom stereocenters. The normalized spacial score (nSPS) is 11.2. The van der Waals surface area contributed by atoms with E-state index in [0.29, 0.717) is 6.61 Å². The van der Waals surface area contributed by atoms with Gasteiger partial charge in [0.1, 0.15) is 5.75 Å². The van der Waals surface area contributed by atoms with Crippen LogP contribution in [0.25, 0.3) is 0 Å². The summed E-state index contributed by atoms with van der Waals surface area (Å²) in [5.41, 5.74) is -0.433. The van der Waals surface area contributed by atoms with Gasteiger partial charge in [-0.1, -0.05) is 0 Å². The number of non-ortho nitro benzene ring substituents is 1. The quantitative estimate of drug-likeness (QED) is 0.335. The Kier molecular flexibility index (Phi) is 5.07. The fourth-order valence-corrected chi connectivity index (χ4v) is 2.20. The number of ether oxygens (including phenoxy) is 1. The number of rotatable bonds is 7. The van der Waals surface area contributed by atoms with Crippen LogP contribution in [0.5, 0.6) is 5.75 Å². The molecule has 1 rings (SSSR count). The van der Waals surface area contributed by atoms with Crippen LogP contribution in [-0.4, -0.2) is 37.4 Å². The topological polar surface area (TPSA) is 119 Å². The second-order valence-corrected chi connectivity index (χ2v) is 5.42. The number of sulfonamides is 1. The highest BCUT2D eigenvalue weighted by atomic mass is 32.2. The molecule has 0 atom stereocenters. The predicted octanol–water partition coefficient (Wildman–Crippen LogP) is 1.08. The monoisotopic (exact) mass is 290 g/mol. The van der Waals surface area contributed by atoms with Gasteiger partial charge in [-0.2, -0.15) is 0 Å². The molecule has 0 aliphatic rings. The van der Waals surface area contributed by atoms with Crippen LogP contribution < -0.4 is 4.72 Å². The largest absolute Gasteiger partial charge is 0.505 e. The zero-order valence-electron chi connectivity index (χ0n) is 10.2. The Hall–Kier alpha value is -1.87. The molecule has 0 heterocycles. The van der Waals surface area contributed by atoms with Crippen molar-refractivity contribution in [1.82, 2.24) is 0 Å². The number of benzene rings is 1. The molecule has 0 fully saturated rings. The maximum absolute atomic E-state index is 11.6. The van der Waals surface area contributed by atoms with Crippen LogP contribution in [0.4, 0.5) is 11.4 Å². The average molecular weight is 290 g/mol. The molecule has 9 heteroatoms. The van der Waals surface area contributed by atoms with Crippen LogP contribution in [0.3, 0.4) is 0 Å². The lowest BCUT2D eigenvalue weighted by molar-refractivity contribution is -0.384. The smallest absolute Gasteiger partial charge is 0.273 e. The van der Waals surface area contributed by atoms with Gasteiger partial charge in [-0.25, -0.2) is 8.42 Å². The van der Waals surface area contributed by atoms with Gasteiger partial charge in [0.15, 0.2) is 0 Å². The van der Waals surface area contributed by atoms with E-state index in [4.69, 9.17) is 4.74 Å². The number of hydrogen-bond donors (Lipinski definition) is 2. The van der Waals surface area contributed by atoms with Crippen molar-refractivity contribution in [3.63, 3.8) is 0 Å². The maximum Gasteiger partial charge on any atom is 0.273 e. The minimum absolute atomic E-state index is 0.0274. The Balaban J connectivity index is 2.79. The molecule has 0 saturated carbocycles. The molecule has 0 spiro atoms. The fraction of sp³-hybridized carbons (Fsp3) is 0.400.